The largest absolute Gasteiger partial charge is 0.344 e. The molecule has 1 unspecified atom stereocenters. The molecule has 98 valence electrons. The van der Waals surface area contributed by atoms with Gasteiger partial charge in [0.15, 0.2) is 0 Å². The molecule has 0 radical (unpaired) electrons. The molecule has 0 aliphatic heterocycles. The SMILES string of the molecule is C#CCNC(=O)C(C)Sc1nnnn1CCNC. The molecule has 8 heteroatoms. The lowest BCUT2D eigenvalue weighted by molar-refractivity contribution is -0.120. The Bertz CT molecular complexity index is 426. The minimum Gasteiger partial charge on any atom is -0.344 e. The van der Waals surface area contributed by atoms with E-state index >= 15 is 0 Å². The average Bonchev–Trinajstić information content (AvgIpc) is 2.80. The van der Waals surface area contributed by atoms with Crippen molar-refractivity contribution in [1.82, 2.24) is 30.8 Å². The van der Waals surface area contributed by atoms with E-state index in [1.807, 2.05) is 7.05 Å². The zero-order valence-electron chi connectivity index (χ0n) is 10.4. The van der Waals surface area contributed by atoms with Crippen LogP contribution >= 0.6 is 11.8 Å². The molecule has 1 heterocycles. The van der Waals surface area contributed by atoms with Gasteiger partial charge in [0.1, 0.15) is 0 Å². The summed E-state index contributed by atoms with van der Waals surface area (Å²) < 4.78 is 1.66. The van der Waals surface area contributed by atoms with Crippen molar-refractivity contribution in [2.45, 2.75) is 23.9 Å². The lowest BCUT2D eigenvalue weighted by atomic mass is 10.4. The van der Waals surface area contributed by atoms with Crippen LogP contribution < -0.4 is 10.6 Å². The molecule has 0 aliphatic rings. The second-order valence-electron chi connectivity index (χ2n) is 3.47. The summed E-state index contributed by atoms with van der Waals surface area (Å²) in [6.07, 6.45) is 5.08. The Kier molecular flexibility index (Phi) is 6.18. The second kappa shape index (κ2) is 7.68. The summed E-state index contributed by atoms with van der Waals surface area (Å²) in [5.74, 6) is 2.23. The summed E-state index contributed by atoms with van der Waals surface area (Å²) in [6, 6.07) is 0. The number of aromatic nitrogens is 4. The highest BCUT2D eigenvalue weighted by Crippen LogP contribution is 2.19. The molecule has 18 heavy (non-hydrogen) atoms. The number of carbonyl (C=O) groups is 1. The van der Waals surface area contributed by atoms with Gasteiger partial charge in [0.25, 0.3) is 0 Å². The van der Waals surface area contributed by atoms with Crippen LogP contribution in [0.1, 0.15) is 6.92 Å². The summed E-state index contributed by atoms with van der Waals surface area (Å²) in [5, 5.41) is 17.3. The van der Waals surface area contributed by atoms with Gasteiger partial charge in [-0.25, -0.2) is 4.68 Å². The zero-order chi connectivity index (χ0) is 13.4. The molecule has 0 aromatic carbocycles. The van der Waals surface area contributed by atoms with Crippen LogP contribution in [-0.2, 0) is 11.3 Å². The highest BCUT2D eigenvalue weighted by atomic mass is 32.2. The number of hydrogen-bond donors (Lipinski definition) is 2. The Labute approximate surface area is 110 Å². The van der Waals surface area contributed by atoms with E-state index in [1.165, 1.54) is 11.8 Å². The lowest BCUT2D eigenvalue weighted by Crippen LogP contribution is -2.31. The third-order valence-electron chi connectivity index (χ3n) is 2.09. The maximum absolute atomic E-state index is 11.6. The van der Waals surface area contributed by atoms with Gasteiger partial charge >= 0.3 is 0 Å². The maximum Gasteiger partial charge on any atom is 0.234 e. The molecule has 0 saturated heterocycles. The van der Waals surface area contributed by atoms with Crippen molar-refractivity contribution in [2.24, 2.45) is 0 Å². The van der Waals surface area contributed by atoms with E-state index in [0.29, 0.717) is 11.7 Å². The molecule has 0 spiro atoms. The molecule has 1 aromatic rings. The van der Waals surface area contributed by atoms with E-state index in [9.17, 15) is 4.79 Å². The Morgan fingerprint density at radius 2 is 2.44 bits per heavy atom. The molecule has 0 fully saturated rings. The van der Waals surface area contributed by atoms with Crippen molar-refractivity contribution in [3.05, 3.63) is 0 Å². The Morgan fingerprint density at radius 1 is 1.67 bits per heavy atom. The monoisotopic (exact) mass is 268 g/mol. The van der Waals surface area contributed by atoms with Gasteiger partial charge in [0, 0.05) is 6.54 Å². The number of rotatable bonds is 7. The third kappa shape index (κ3) is 4.35. The van der Waals surface area contributed by atoms with E-state index in [-0.39, 0.29) is 17.7 Å². The minimum absolute atomic E-state index is 0.124. The van der Waals surface area contributed by atoms with Gasteiger partial charge < -0.3 is 10.6 Å². The van der Waals surface area contributed by atoms with Gasteiger partial charge in [-0.05, 0) is 24.4 Å². The first kappa shape index (κ1) is 14.5. The predicted molar refractivity (Wildman–Crippen MR) is 68.9 cm³/mol. The summed E-state index contributed by atoms with van der Waals surface area (Å²) in [6.45, 7) is 3.43. The fourth-order valence-electron chi connectivity index (χ4n) is 1.13. The van der Waals surface area contributed by atoms with Gasteiger partial charge in [0.05, 0.1) is 18.3 Å². The summed E-state index contributed by atoms with van der Waals surface area (Å²) in [5.41, 5.74) is 0. The van der Waals surface area contributed by atoms with E-state index in [4.69, 9.17) is 6.42 Å². The van der Waals surface area contributed by atoms with Gasteiger partial charge in [-0.2, -0.15) is 0 Å². The van der Waals surface area contributed by atoms with E-state index in [0.717, 1.165) is 6.54 Å². The van der Waals surface area contributed by atoms with Crippen LogP contribution in [0, 0.1) is 12.3 Å². The first-order valence-corrected chi connectivity index (χ1v) is 6.35. The molecular formula is C10H16N6OS. The second-order valence-corrected chi connectivity index (χ2v) is 4.78. The van der Waals surface area contributed by atoms with E-state index in [2.05, 4.69) is 32.1 Å². The third-order valence-corrected chi connectivity index (χ3v) is 3.16. The Hall–Kier alpha value is -1.59. The number of nitrogens with one attached hydrogen (secondary N) is 2. The van der Waals surface area contributed by atoms with Crippen molar-refractivity contribution in [2.75, 3.05) is 20.1 Å². The quantitative estimate of drug-likeness (QED) is 0.493. The zero-order valence-corrected chi connectivity index (χ0v) is 11.2. The van der Waals surface area contributed by atoms with Crippen LogP contribution in [-0.4, -0.2) is 51.5 Å². The number of likely N-dealkylation sites (N-methyl/N-ethyl adjacent to an activating group) is 1. The average molecular weight is 268 g/mol. The topological polar surface area (TPSA) is 84.7 Å². The van der Waals surface area contributed by atoms with Crippen molar-refractivity contribution in [3.8, 4) is 12.3 Å². The molecule has 1 aromatic heterocycles. The molecule has 0 bridgehead atoms. The van der Waals surface area contributed by atoms with Crippen LogP contribution in [0.2, 0.25) is 0 Å². The number of amides is 1. The Balaban J connectivity index is 2.53. The summed E-state index contributed by atoms with van der Waals surface area (Å²) >= 11 is 1.30. The van der Waals surface area contributed by atoms with Crippen molar-refractivity contribution in [3.63, 3.8) is 0 Å². The normalized spacial score (nSPS) is 11.8. The van der Waals surface area contributed by atoms with Crippen LogP contribution in [0.5, 0.6) is 0 Å². The van der Waals surface area contributed by atoms with E-state index < -0.39 is 0 Å². The van der Waals surface area contributed by atoms with Crippen molar-refractivity contribution in [1.29, 1.82) is 0 Å². The molecule has 1 rings (SSSR count). The molecule has 1 atom stereocenters. The van der Waals surface area contributed by atoms with Crippen molar-refractivity contribution < 1.29 is 4.79 Å². The Morgan fingerprint density at radius 3 is 3.11 bits per heavy atom. The smallest absolute Gasteiger partial charge is 0.234 e. The molecule has 0 aliphatic carbocycles. The molecular weight excluding hydrogens is 252 g/mol. The minimum atomic E-state index is -0.294. The molecule has 0 saturated carbocycles. The maximum atomic E-state index is 11.6. The lowest BCUT2D eigenvalue weighted by Gasteiger charge is -2.10. The van der Waals surface area contributed by atoms with Crippen LogP contribution in [0.15, 0.2) is 5.16 Å². The van der Waals surface area contributed by atoms with Gasteiger partial charge in [-0.3, -0.25) is 4.79 Å². The van der Waals surface area contributed by atoms with Gasteiger partial charge in [0.2, 0.25) is 11.1 Å². The van der Waals surface area contributed by atoms with Crippen LogP contribution in [0.3, 0.4) is 0 Å². The molecule has 1 amide bonds. The number of hydrogen-bond acceptors (Lipinski definition) is 6. The number of tetrazole rings is 1. The number of nitrogens with zero attached hydrogens (tertiary/aromatic N) is 4. The fraction of sp³-hybridized carbons (Fsp3) is 0.600. The molecule has 7 nitrogen and oxygen atoms in total. The number of thioether (sulfide) groups is 1. The summed E-state index contributed by atoms with van der Waals surface area (Å²) in [7, 11) is 1.85. The van der Waals surface area contributed by atoms with Gasteiger partial charge in [-0.1, -0.05) is 17.7 Å². The first-order chi connectivity index (χ1) is 8.69. The summed E-state index contributed by atoms with van der Waals surface area (Å²) in [4.78, 5) is 11.6. The van der Waals surface area contributed by atoms with E-state index in [1.54, 1.807) is 11.6 Å². The fourth-order valence-corrected chi connectivity index (χ4v) is 1.97. The standard InChI is InChI=1S/C10H16N6OS/c1-4-5-12-9(17)8(2)18-10-13-14-15-16(10)7-6-11-3/h1,8,11H,5-7H2,2-3H3,(H,12,17). The number of carbonyl (C=O) groups excluding carboxylic acids is 1. The highest BCUT2D eigenvalue weighted by molar-refractivity contribution is 8.00. The van der Waals surface area contributed by atoms with Crippen LogP contribution in [0.4, 0.5) is 0 Å². The van der Waals surface area contributed by atoms with Gasteiger partial charge in [-0.15, -0.1) is 11.5 Å². The highest BCUT2D eigenvalue weighted by Gasteiger charge is 2.17. The predicted octanol–water partition coefficient (Wildman–Crippen LogP) is -0.877. The van der Waals surface area contributed by atoms with Crippen molar-refractivity contribution >= 4 is 17.7 Å². The molecule has 2 N–H and O–H groups in total. The van der Waals surface area contributed by atoms with Crippen LogP contribution in [0.25, 0.3) is 0 Å². The first-order valence-electron chi connectivity index (χ1n) is 5.47. The number of terminal acetylenes is 1.